The molecule has 5 nitrogen and oxygen atoms in total. The Morgan fingerprint density at radius 3 is 2.95 bits per heavy atom. The summed E-state index contributed by atoms with van der Waals surface area (Å²) in [5, 5.41) is 20.5. The summed E-state index contributed by atoms with van der Waals surface area (Å²) in [6.45, 7) is 3.74. The summed E-state index contributed by atoms with van der Waals surface area (Å²) in [6, 6.07) is 7.38. The first-order valence-corrected chi connectivity index (χ1v) is 6.09. The molecule has 5 heteroatoms. The van der Waals surface area contributed by atoms with Crippen LogP contribution in [0.25, 0.3) is 0 Å². The Balaban J connectivity index is 2.59. The van der Waals surface area contributed by atoms with Crippen molar-refractivity contribution in [2.45, 2.75) is 26.4 Å². The maximum absolute atomic E-state index is 11.4. The van der Waals surface area contributed by atoms with Crippen molar-refractivity contribution in [3.63, 3.8) is 0 Å². The largest absolute Gasteiger partial charge is 0.483 e. The van der Waals surface area contributed by atoms with Crippen molar-refractivity contribution in [3.8, 4) is 11.8 Å². The van der Waals surface area contributed by atoms with Crippen molar-refractivity contribution in [1.82, 2.24) is 5.32 Å². The van der Waals surface area contributed by atoms with E-state index in [0.29, 0.717) is 17.9 Å². The fourth-order valence-electron chi connectivity index (χ4n) is 1.56. The normalized spacial score (nSPS) is 11.5. The van der Waals surface area contributed by atoms with Gasteiger partial charge in [0, 0.05) is 12.1 Å². The van der Waals surface area contributed by atoms with Crippen LogP contribution >= 0.6 is 0 Å². The quantitative estimate of drug-likeness (QED) is 0.760. The minimum atomic E-state index is -0.655. The number of rotatable bonds is 6. The van der Waals surface area contributed by atoms with Gasteiger partial charge in [-0.15, -0.1) is 0 Å². The molecule has 2 N–H and O–H groups in total. The summed E-state index contributed by atoms with van der Waals surface area (Å²) >= 11 is 0. The van der Waals surface area contributed by atoms with Gasteiger partial charge < -0.3 is 15.2 Å². The third-order valence-electron chi connectivity index (χ3n) is 2.54. The summed E-state index contributed by atoms with van der Waals surface area (Å²) in [4.78, 5) is 11.4. The number of aryl methyl sites for hydroxylation is 1. The molecule has 1 amide bonds. The van der Waals surface area contributed by atoms with Gasteiger partial charge in [-0.3, -0.25) is 4.79 Å². The van der Waals surface area contributed by atoms with Crippen LogP contribution in [0.15, 0.2) is 18.2 Å². The second-order valence-corrected chi connectivity index (χ2v) is 4.26. The number of aliphatic hydroxyl groups is 1. The highest BCUT2D eigenvalue weighted by Crippen LogP contribution is 2.26. The van der Waals surface area contributed by atoms with Crippen molar-refractivity contribution < 1.29 is 14.6 Å². The van der Waals surface area contributed by atoms with Gasteiger partial charge in [0.1, 0.15) is 5.75 Å². The van der Waals surface area contributed by atoms with Crippen LogP contribution in [0.2, 0.25) is 0 Å². The summed E-state index contributed by atoms with van der Waals surface area (Å²) in [5.74, 6) is 0.221. The van der Waals surface area contributed by atoms with Gasteiger partial charge in [0.25, 0.3) is 5.91 Å². The second kappa shape index (κ2) is 7.39. The molecule has 0 bridgehead atoms. The minimum Gasteiger partial charge on any atom is -0.483 e. The zero-order valence-corrected chi connectivity index (χ0v) is 11.1. The van der Waals surface area contributed by atoms with E-state index in [1.165, 1.54) is 0 Å². The maximum atomic E-state index is 11.4. The molecule has 0 fully saturated rings. The Hall–Kier alpha value is -2.06. The Morgan fingerprint density at radius 2 is 2.32 bits per heavy atom. The third kappa shape index (κ3) is 4.98. The molecule has 19 heavy (non-hydrogen) atoms. The molecule has 0 radical (unpaired) electrons. The molecule has 0 spiro atoms. The van der Waals surface area contributed by atoms with Crippen molar-refractivity contribution in [1.29, 1.82) is 5.26 Å². The molecule has 0 saturated carbocycles. The average Bonchev–Trinajstić information content (AvgIpc) is 2.36. The number of ether oxygens (including phenoxy) is 1. The van der Waals surface area contributed by atoms with Gasteiger partial charge in [-0.05, 0) is 25.5 Å². The number of nitrogens with one attached hydrogen (secondary N) is 1. The zero-order chi connectivity index (χ0) is 14.3. The van der Waals surface area contributed by atoms with Gasteiger partial charge >= 0.3 is 0 Å². The van der Waals surface area contributed by atoms with Gasteiger partial charge in [-0.25, -0.2) is 0 Å². The topological polar surface area (TPSA) is 82.3 Å². The molecule has 0 aliphatic carbocycles. The van der Waals surface area contributed by atoms with Crippen molar-refractivity contribution in [2.24, 2.45) is 0 Å². The lowest BCUT2D eigenvalue weighted by atomic mass is 10.1. The first-order valence-electron chi connectivity index (χ1n) is 6.09. The number of carbonyl (C=O) groups is 1. The van der Waals surface area contributed by atoms with Crippen LogP contribution in [0.1, 0.15) is 30.6 Å². The average molecular weight is 262 g/mol. The standard InChI is InChI=1S/C14H18N2O3/c1-10-4-5-12(11(2)17)13(8-10)19-9-14(18)16-7-3-6-15/h4-5,8,11,17H,3,7,9H2,1-2H3,(H,16,18). The summed E-state index contributed by atoms with van der Waals surface area (Å²) < 4.78 is 5.42. The smallest absolute Gasteiger partial charge is 0.257 e. The van der Waals surface area contributed by atoms with E-state index < -0.39 is 6.10 Å². The molecule has 1 atom stereocenters. The fourth-order valence-corrected chi connectivity index (χ4v) is 1.56. The monoisotopic (exact) mass is 262 g/mol. The van der Waals surface area contributed by atoms with Crippen LogP contribution < -0.4 is 10.1 Å². The number of carbonyl (C=O) groups excluding carboxylic acids is 1. The number of hydrogen-bond donors (Lipinski definition) is 2. The van der Waals surface area contributed by atoms with E-state index in [1.807, 2.05) is 19.1 Å². The number of nitrogens with zero attached hydrogens (tertiary/aromatic N) is 1. The van der Waals surface area contributed by atoms with Gasteiger partial charge in [-0.2, -0.15) is 5.26 Å². The molecule has 0 aliphatic heterocycles. The highest BCUT2D eigenvalue weighted by Gasteiger charge is 2.11. The SMILES string of the molecule is Cc1ccc(C(C)O)c(OCC(=O)NCCC#N)c1. The Morgan fingerprint density at radius 1 is 1.58 bits per heavy atom. The number of benzene rings is 1. The highest BCUT2D eigenvalue weighted by atomic mass is 16.5. The Kier molecular flexibility index (Phi) is 5.83. The molecule has 0 aliphatic rings. The van der Waals surface area contributed by atoms with E-state index in [-0.39, 0.29) is 18.9 Å². The Labute approximate surface area is 112 Å². The van der Waals surface area contributed by atoms with Gasteiger partial charge in [0.05, 0.1) is 18.6 Å². The van der Waals surface area contributed by atoms with Gasteiger partial charge in [0.2, 0.25) is 0 Å². The molecular formula is C14H18N2O3. The van der Waals surface area contributed by atoms with E-state index in [1.54, 1.807) is 19.1 Å². The second-order valence-electron chi connectivity index (χ2n) is 4.26. The molecule has 0 heterocycles. The lowest BCUT2D eigenvalue weighted by Crippen LogP contribution is -2.29. The van der Waals surface area contributed by atoms with E-state index in [4.69, 9.17) is 10.00 Å². The number of aliphatic hydroxyl groups excluding tert-OH is 1. The lowest BCUT2D eigenvalue weighted by Gasteiger charge is -2.14. The molecule has 0 aromatic heterocycles. The molecule has 1 rings (SSSR count). The first kappa shape index (κ1) is 15.0. The third-order valence-corrected chi connectivity index (χ3v) is 2.54. The molecular weight excluding hydrogens is 244 g/mol. The molecule has 0 saturated heterocycles. The number of amides is 1. The lowest BCUT2D eigenvalue weighted by molar-refractivity contribution is -0.123. The van der Waals surface area contributed by atoms with Crippen molar-refractivity contribution >= 4 is 5.91 Å². The van der Waals surface area contributed by atoms with Crippen LogP contribution in [0.5, 0.6) is 5.75 Å². The van der Waals surface area contributed by atoms with Crippen molar-refractivity contribution in [3.05, 3.63) is 29.3 Å². The molecule has 1 aromatic rings. The first-order chi connectivity index (χ1) is 9.04. The van der Waals surface area contributed by atoms with Crippen LogP contribution in [0.3, 0.4) is 0 Å². The number of nitriles is 1. The van der Waals surface area contributed by atoms with Crippen LogP contribution in [-0.2, 0) is 4.79 Å². The van der Waals surface area contributed by atoms with E-state index >= 15 is 0 Å². The predicted molar refractivity (Wildman–Crippen MR) is 70.5 cm³/mol. The maximum Gasteiger partial charge on any atom is 0.257 e. The van der Waals surface area contributed by atoms with E-state index in [0.717, 1.165) is 5.56 Å². The summed E-state index contributed by atoms with van der Waals surface area (Å²) in [7, 11) is 0. The Bertz CT molecular complexity index is 478. The molecule has 102 valence electrons. The van der Waals surface area contributed by atoms with E-state index in [2.05, 4.69) is 5.32 Å². The van der Waals surface area contributed by atoms with Gasteiger partial charge in [-0.1, -0.05) is 12.1 Å². The molecule has 1 unspecified atom stereocenters. The van der Waals surface area contributed by atoms with Crippen LogP contribution in [0, 0.1) is 18.3 Å². The van der Waals surface area contributed by atoms with Gasteiger partial charge in [0.15, 0.2) is 6.61 Å². The summed E-state index contributed by atoms with van der Waals surface area (Å²) in [5.41, 5.74) is 1.64. The van der Waals surface area contributed by atoms with E-state index in [9.17, 15) is 9.90 Å². The summed E-state index contributed by atoms with van der Waals surface area (Å²) in [6.07, 6.45) is -0.382. The predicted octanol–water partition coefficient (Wildman–Crippen LogP) is 1.46. The van der Waals surface area contributed by atoms with Crippen LogP contribution in [-0.4, -0.2) is 24.2 Å². The zero-order valence-electron chi connectivity index (χ0n) is 11.1. The molecule has 1 aromatic carbocycles. The van der Waals surface area contributed by atoms with Crippen LogP contribution in [0.4, 0.5) is 0 Å². The highest BCUT2D eigenvalue weighted by molar-refractivity contribution is 5.77. The number of hydrogen-bond acceptors (Lipinski definition) is 4. The minimum absolute atomic E-state index is 0.130. The fraction of sp³-hybridized carbons (Fsp3) is 0.429. The van der Waals surface area contributed by atoms with Crippen molar-refractivity contribution in [2.75, 3.05) is 13.2 Å².